The Morgan fingerprint density at radius 3 is 2.35 bits per heavy atom. The molecule has 0 amide bonds. The average Bonchev–Trinajstić information content (AvgIpc) is 3.32. The Labute approximate surface area is 122 Å². The molecule has 0 aromatic carbocycles. The summed E-state index contributed by atoms with van der Waals surface area (Å²) < 4.78 is 5.58. The Morgan fingerprint density at radius 1 is 0.650 bits per heavy atom. The van der Waals surface area contributed by atoms with Gasteiger partial charge in [0.05, 0.1) is 12.2 Å². The minimum Gasteiger partial charge on any atom is -0.370 e. The number of rotatable bonds is 0. The predicted octanol–water partition coefficient (Wildman–Crippen LogP) is 4.35. The second-order valence-corrected chi connectivity index (χ2v) is 8.03. The van der Waals surface area contributed by atoms with Crippen molar-refractivity contribution in [2.75, 3.05) is 0 Å². The van der Waals surface area contributed by atoms with Gasteiger partial charge in [0, 0.05) is 0 Å². The van der Waals surface area contributed by atoms with E-state index in [1.165, 1.54) is 38.0 Å². The Balaban J connectivity index is 0.0000000986. The maximum atomic E-state index is 5.58. The summed E-state index contributed by atoms with van der Waals surface area (Å²) in [6.45, 7) is 0. The van der Waals surface area contributed by atoms with E-state index in [9.17, 15) is 0 Å². The highest BCUT2D eigenvalue weighted by Crippen LogP contribution is 2.64. The summed E-state index contributed by atoms with van der Waals surface area (Å²) in [5.74, 6) is 6.38. The molecule has 0 N–H and O–H groups in total. The third-order valence-electron chi connectivity index (χ3n) is 6.91. The van der Waals surface area contributed by atoms with Crippen LogP contribution < -0.4 is 0 Å². The maximum Gasteiger partial charge on any atom is 0.0844 e. The van der Waals surface area contributed by atoms with Gasteiger partial charge in [-0.25, -0.2) is 0 Å². The number of epoxide rings is 1. The maximum absolute atomic E-state index is 5.58. The minimum absolute atomic E-state index is 0.716. The highest BCUT2D eigenvalue weighted by molar-refractivity contribution is 5.09. The summed E-state index contributed by atoms with van der Waals surface area (Å²) in [6.07, 6.45) is 20.7. The van der Waals surface area contributed by atoms with Gasteiger partial charge in [0.1, 0.15) is 0 Å². The molecule has 1 heteroatoms. The summed E-state index contributed by atoms with van der Waals surface area (Å²) in [5, 5.41) is 0. The van der Waals surface area contributed by atoms with Gasteiger partial charge in [0.15, 0.2) is 0 Å². The quantitative estimate of drug-likeness (QED) is 0.471. The van der Waals surface area contributed by atoms with Gasteiger partial charge < -0.3 is 4.74 Å². The predicted molar refractivity (Wildman–Crippen MR) is 80.2 cm³/mol. The fourth-order valence-electron chi connectivity index (χ4n) is 5.60. The molecule has 4 fully saturated rings. The number of hydrogen-bond acceptors (Lipinski definition) is 1. The highest BCUT2D eigenvalue weighted by atomic mass is 16.6. The van der Waals surface area contributed by atoms with Gasteiger partial charge in [-0.05, 0) is 80.5 Å². The highest BCUT2D eigenvalue weighted by Gasteiger charge is 2.59. The van der Waals surface area contributed by atoms with Gasteiger partial charge in [-0.1, -0.05) is 24.3 Å². The van der Waals surface area contributed by atoms with E-state index in [4.69, 9.17) is 4.74 Å². The molecule has 6 rings (SSSR count). The van der Waals surface area contributed by atoms with Crippen molar-refractivity contribution in [1.82, 2.24) is 0 Å². The smallest absolute Gasteiger partial charge is 0.0844 e. The van der Waals surface area contributed by atoms with Crippen LogP contribution in [0.4, 0.5) is 0 Å². The molecule has 20 heavy (non-hydrogen) atoms. The summed E-state index contributed by atoms with van der Waals surface area (Å²) in [4.78, 5) is 0. The lowest BCUT2D eigenvalue weighted by Crippen LogP contribution is -2.22. The third kappa shape index (κ3) is 2.01. The summed E-state index contributed by atoms with van der Waals surface area (Å²) in [7, 11) is 0. The Hall–Kier alpha value is -0.560. The van der Waals surface area contributed by atoms with Gasteiger partial charge in [-0.15, -0.1) is 0 Å². The van der Waals surface area contributed by atoms with Crippen molar-refractivity contribution in [3.63, 3.8) is 0 Å². The number of allylic oxidation sites excluding steroid dienone is 4. The van der Waals surface area contributed by atoms with E-state index in [-0.39, 0.29) is 0 Å². The van der Waals surface area contributed by atoms with Gasteiger partial charge in [-0.2, -0.15) is 0 Å². The zero-order valence-corrected chi connectivity index (χ0v) is 12.3. The normalized spacial score (nSPS) is 56.0. The van der Waals surface area contributed by atoms with Crippen LogP contribution in [0.15, 0.2) is 24.3 Å². The van der Waals surface area contributed by atoms with Gasteiger partial charge >= 0.3 is 0 Å². The summed E-state index contributed by atoms with van der Waals surface area (Å²) >= 11 is 0. The van der Waals surface area contributed by atoms with Crippen LogP contribution in [-0.2, 0) is 4.74 Å². The molecule has 1 nitrogen and oxygen atoms in total. The zero-order chi connectivity index (χ0) is 13.1. The van der Waals surface area contributed by atoms with Crippen LogP contribution >= 0.6 is 0 Å². The molecule has 8 unspecified atom stereocenters. The molecule has 3 saturated carbocycles. The number of hydrogen-bond donors (Lipinski definition) is 0. The van der Waals surface area contributed by atoms with E-state index in [0.717, 1.165) is 35.7 Å². The van der Waals surface area contributed by atoms with Gasteiger partial charge in [-0.3, -0.25) is 0 Å². The second-order valence-electron chi connectivity index (χ2n) is 8.03. The molecule has 0 aromatic rings. The van der Waals surface area contributed by atoms with E-state index in [1.807, 2.05) is 0 Å². The van der Waals surface area contributed by atoms with Crippen LogP contribution in [-0.4, -0.2) is 12.2 Å². The van der Waals surface area contributed by atoms with E-state index >= 15 is 0 Å². The molecule has 8 atom stereocenters. The lowest BCUT2D eigenvalue weighted by Gasteiger charge is -2.24. The monoisotopic (exact) mass is 270 g/mol. The molecule has 1 heterocycles. The number of ether oxygens (including phenoxy) is 1. The van der Waals surface area contributed by atoms with Gasteiger partial charge in [0.2, 0.25) is 0 Å². The first kappa shape index (κ1) is 12.0. The van der Waals surface area contributed by atoms with Gasteiger partial charge in [0.25, 0.3) is 0 Å². The van der Waals surface area contributed by atoms with Crippen molar-refractivity contribution >= 4 is 0 Å². The first-order valence-corrected chi connectivity index (χ1v) is 8.85. The molecule has 0 bridgehead atoms. The Bertz CT molecular complexity index is 451. The van der Waals surface area contributed by atoms with Crippen LogP contribution in [0.5, 0.6) is 0 Å². The lowest BCUT2D eigenvalue weighted by molar-refractivity contribution is 0.268. The summed E-state index contributed by atoms with van der Waals surface area (Å²) in [6, 6.07) is 0. The lowest BCUT2D eigenvalue weighted by atomic mass is 9.79. The molecule has 5 aliphatic carbocycles. The molecule has 6 aliphatic rings. The van der Waals surface area contributed by atoms with Crippen molar-refractivity contribution in [2.45, 2.75) is 57.2 Å². The molecule has 0 radical (unpaired) electrons. The largest absolute Gasteiger partial charge is 0.370 e. The van der Waals surface area contributed by atoms with Crippen molar-refractivity contribution in [3.05, 3.63) is 24.3 Å². The molecule has 0 spiro atoms. The molecular weight excluding hydrogens is 244 g/mol. The fraction of sp³-hybridized carbons (Fsp3) is 0.789. The SMILES string of the molecule is C1=CCC2CC=CC2C1.C1C2CC2C2CC3OC3CC12. The zero-order valence-electron chi connectivity index (χ0n) is 12.3. The van der Waals surface area contributed by atoms with E-state index < -0.39 is 0 Å². The van der Waals surface area contributed by atoms with Crippen LogP contribution in [0.25, 0.3) is 0 Å². The molecule has 1 aliphatic heterocycles. The fourth-order valence-corrected chi connectivity index (χ4v) is 5.60. The first-order chi connectivity index (χ1) is 9.88. The van der Waals surface area contributed by atoms with E-state index in [0.29, 0.717) is 6.10 Å². The van der Waals surface area contributed by atoms with Crippen LogP contribution in [0.1, 0.15) is 44.9 Å². The first-order valence-electron chi connectivity index (χ1n) is 8.85. The third-order valence-corrected chi connectivity index (χ3v) is 6.91. The van der Waals surface area contributed by atoms with E-state index in [2.05, 4.69) is 24.3 Å². The van der Waals surface area contributed by atoms with Crippen molar-refractivity contribution < 1.29 is 4.74 Å². The van der Waals surface area contributed by atoms with Crippen molar-refractivity contribution in [2.24, 2.45) is 35.5 Å². The van der Waals surface area contributed by atoms with Crippen molar-refractivity contribution in [1.29, 1.82) is 0 Å². The van der Waals surface area contributed by atoms with Crippen LogP contribution in [0.3, 0.4) is 0 Å². The standard InChI is InChI=1S/C10H14O.C9H12/c1-5-2-7(5)8-4-10-9(11-10)3-6(1)8;1-2-5-9-7-3-6-8(9)4-1/h5-10H,1-4H2;1-3,6,8-9H,4-5,7H2. The van der Waals surface area contributed by atoms with E-state index in [1.54, 1.807) is 12.8 Å². The number of fused-ring (bicyclic) bond motifs is 5. The molecule has 108 valence electrons. The summed E-state index contributed by atoms with van der Waals surface area (Å²) in [5.41, 5.74) is 0. The Morgan fingerprint density at radius 2 is 1.40 bits per heavy atom. The molecular formula is C19H26O. The Kier molecular flexibility index (Phi) is 2.69. The van der Waals surface area contributed by atoms with Crippen LogP contribution in [0.2, 0.25) is 0 Å². The van der Waals surface area contributed by atoms with Crippen LogP contribution in [0, 0.1) is 35.5 Å². The average molecular weight is 270 g/mol. The minimum atomic E-state index is 0.716. The van der Waals surface area contributed by atoms with Crippen molar-refractivity contribution in [3.8, 4) is 0 Å². The molecule has 1 saturated heterocycles. The topological polar surface area (TPSA) is 12.5 Å². The second kappa shape index (κ2) is 4.47. The molecule has 0 aromatic heterocycles.